The van der Waals surface area contributed by atoms with E-state index >= 15 is 0 Å². The van der Waals surface area contributed by atoms with Gasteiger partial charge in [0.1, 0.15) is 12.0 Å². The number of furan rings is 1. The number of aromatic nitrogens is 2. The third kappa shape index (κ3) is 3.00. The van der Waals surface area contributed by atoms with Gasteiger partial charge in [0.15, 0.2) is 6.04 Å². The first-order chi connectivity index (χ1) is 10.1. The van der Waals surface area contributed by atoms with Crippen molar-refractivity contribution >= 4 is 5.91 Å². The molecular weight excluding hydrogens is 299 g/mol. The van der Waals surface area contributed by atoms with E-state index in [-0.39, 0.29) is 16.8 Å². The average molecular weight is 315 g/mol. The normalized spacial score (nSPS) is 13.2. The summed E-state index contributed by atoms with van der Waals surface area (Å²) in [6, 6.07) is -0.741. The van der Waals surface area contributed by atoms with E-state index in [4.69, 9.17) is 4.42 Å². The number of halogens is 3. The molecule has 0 saturated heterocycles. The van der Waals surface area contributed by atoms with Crippen LogP contribution < -0.4 is 5.32 Å². The van der Waals surface area contributed by atoms with Crippen molar-refractivity contribution in [3.63, 3.8) is 0 Å². The van der Waals surface area contributed by atoms with E-state index in [1.807, 2.05) is 5.32 Å². The maximum Gasteiger partial charge on any atom is 0.413 e. The van der Waals surface area contributed by atoms with Crippen molar-refractivity contribution in [3.05, 3.63) is 40.6 Å². The van der Waals surface area contributed by atoms with Crippen molar-refractivity contribution in [1.82, 2.24) is 15.1 Å². The number of aryl methyl sites for hydroxylation is 3. The Labute approximate surface area is 125 Å². The largest absolute Gasteiger partial charge is 0.469 e. The Morgan fingerprint density at radius 3 is 2.41 bits per heavy atom. The van der Waals surface area contributed by atoms with E-state index in [1.54, 1.807) is 14.0 Å². The number of nitrogens with zero attached hydrogens (tertiary/aromatic N) is 2. The van der Waals surface area contributed by atoms with E-state index in [2.05, 4.69) is 5.10 Å². The fraction of sp³-hybridized carbons (Fsp3) is 0.429. The second-order valence-corrected chi connectivity index (χ2v) is 5.10. The summed E-state index contributed by atoms with van der Waals surface area (Å²) in [6.45, 7) is 4.62. The van der Waals surface area contributed by atoms with Gasteiger partial charge in [-0.05, 0) is 26.8 Å². The van der Waals surface area contributed by atoms with Crippen LogP contribution in [0.2, 0.25) is 0 Å². The first-order valence-electron chi connectivity index (χ1n) is 6.54. The Morgan fingerprint density at radius 2 is 2.00 bits per heavy atom. The molecule has 0 fully saturated rings. The van der Waals surface area contributed by atoms with Crippen molar-refractivity contribution in [2.45, 2.75) is 33.0 Å². The van der Waals surface area contributed by atoms with Gasteiger partial charge in [-0.2, -0.15) is 18.3 Å². The van der Waals surface area contributed by atoms with Gasteiger partial charge in [0.25, 0.3) is 5.91 Å². The van der Waals surface area contributed by atoms with Gasteiger partial charge in [0, 0.05) is 18.3 Å². The highest BCUT2D eigenvalue weighted by atomic mass is 19.4. The smallest absolute Gasteiger partial charge is 0.413 e. The van der Waals surface area contributed by atoms with Crippen molar-refractivity contribution < 1.29 is 22.4 Å². The Bertz CT molecular complexity index is 701. The van der Waals surface area contributed by atoms with Gasteiger partial charge in [-0.25, -0.2) is 0 Å². The van der Waals surface area contributed by atoms with E-state index in [0.717, 1.165) is 6.26 Å². The highest BCUT2D eigenvalue weighted by Gasteiger charge is 2.44. The quantitative estimate of drug-likeness (QED) is 0.947. The number of hydrogen-bond donors (Lipinski definition) is 1. The van der Waals surface area contributed by atoms with Crippen LogP contribution in [0.25, 0.3) is 0 Å². The van der Waals surface area contributed by atoms with Crippen molar-refractivity contribution in [1.29, 1.82) is 0 Å². The van der Waals surface area contributed by atoms with E-state index in [0.29, 0.717) is 11.5 Å². The van der Waals surface area contributed by atoms with Crippen LogP contribution >= 0.6 is 0 Å². The minimum atomic E-state index is -4.63. The molecule has 0 bridgehead atoms. The van der Waals surface area contributed by atoms with Gasteiger partial charge in [0.2, 0.25) is 0 Å². The number of carbonyl (C=O) groups excluding carboxylic acids is 1. The predicted molar refractivity (Wildman–Crippen MR) is 72.4 cm³/mol. The van der Waals surface area contributed by atoms with Gasteiger partial charge in [-0.1, -0.05) is 0 Å². The van der Waals surface area contributed by atoms with Crippen LogP contribution in [0.3, 0.4) is 0 Å². The Balaban J connectivity index is 2.38. The molecule has 0 spiro atoms. The molecule has 0 saturated carbocycles. The number of alkyl halides is 3. The molecule has 0 aliphatic rings. The Morgan fingerprint density at radius 1 is 1.36 bits per heavy atom. The lowest BCUT2D eigenvalue weighted by atomic mass is 10.0. The molecule has 0 aliphatic heterocycles. The van der Waals surface area contributed by atoms with Gasteiger partial charge >= 0.3 is 6.18 Å². The molecule has 8 heteroatoms. The van der Waals surface area contributed by atoms with Gasteiger partial charge in [-0.3, -0.25) is 9.48 Å². The van der Waals surface area contributed by atoms with Crippen LogP contribution in [-0.2, 0) is 7.05 Å². The predicted octanol–water partition coefficient (Wildman–Crippen LogP) is 2.97. The lowest BCUT2D eigenvalue weighted by Crippen LogP contribution is -2.38. The molecule has 1 N–H and O–H groups in total. The zero-order valence-corrected chi connectivity index (χ0v) is 12.6. The highest BCUT2D eigenvalue weighted by molar-refractivity contribution is 5.94. The lowest BCUT2D eigenvalue weighted by Gasteiger charge is -2.22. The molecule has 2 heterocycles. The molecule has 0 radical (unpaired) electrons. The minimum absolute atomic E-state index is 0.0384. The molecule has 1 atom stereocenters. The van der Waals surface area contributed by atoms with Gasteiger partial charge in [-0.15, -0.1) is 0 Å². The summed E-state index contributed by atoms with van der Waals surface area (Å²) < 4.78 is 46.5. The molecule has 1 amide bonds. The summed E-state index contributed by atoms with van der Waals surface area (Å²) in [7, 11) is 1.56. The molecule has 22 heavy (non-hydrogen) atoms. The van der Waals surface area contributed by atoms with E-state index in [9.17, 15) is 18.0 Å². The fourth-order valence-corrected chi connectivity index (χ4v) is 2.30. The molecule has 0 aliphatic carbocycles. The van der Waals surface area contributed by atoms with Crippen LogP contribution in [0.15, 0.2) is 16.7 Å². The second-order valence-electron chi connectivity index (χ2n) is 5.10. The molecule has 2 aromatic rings. The summed E-state index contributed by atoms with van der Waals surface area (Å²) in [6.07, 6.45) is -3.51. The van der Waals surface area contributed by atoms with Crippen LogP contribution in [0, 0.1) is 20.8 Å². The SMILES string of the molecule is Cc1cc(C(=O)NC(c2c(C)nn(C)c2C)C(F)(F)F)co1. The van der Waals surface area contributed by atoms with Gasteiger partial charge < -0.3 is 9.73 Å². The maximum atomic E-state index is 13.4. The monoisotopic (exact) mass is 315 g/mol. The fourth-order valence-electron chi connectivity index (χ4n) is 2.30. The number of amides is 1. The van der Waals surface area contributed by atoms with Crippen molar-refractivity contribution in [3.8, 4) is 0 Å². The van der Waals surface area contributed by atoms with Crippen molar-refractivity contribution in [2.24, 2.45) is 7.05 Å². The summed E-state index contributed by atoms with van der Waals surface area (Å²) in [5.74, 6) is -0.399. The van der Waals surface area contributed by atoms with E-state index < -0.39 is 18.1 Å². The number of carbonyl (C=O) groups is 1. The minimum Gasteiger partial charge on any atom is -0.469 e. The van der Waals surface area contributed by atoms with Crippen molar-refractivity contribution in [2.75, 3.05) is 0 Å². The standard InChI is InChI=1S/C14H16F3N3O2/c1-7-5-10(6-22-7)13(21)18-12(14(15,16)17)11-8(2)19-20(4)9(11)3/h5-6,12H,1-4H3,(H,18,21). The Hall–Kier alpha value is -2.25. The number of nitrogens with one attached hydrogen (secondary N) is 1. The number of rotatable bonds is 3. The zero-order valence-electron chi connectivity index (χ0n) is 12.6. The van der Waals surface area contributed by atoms with Gasteiger partial charge in [0.05, 0.1) is 11.3 Å². The molecular formula is C14H16F3N3O2. The highest BCUT2D eigenvalue weighted by Crippen LogP contribution is 2.36. The van der Waals surface area contributed by atoms with Crippen LogP contribution in [0.5, 0.6) is 0 Å². The summed E-state index contributed by atoms with van der Waals surface area (Å²) in [5, 5.41) is 6.00. The molecule has 2 aromatic heterocycles. The Kier molecular flexibility index (Phi) is 4.04. The molecule has 2 rings (SSSR count). The first-order valence-corrected chi connectivity index (χ1v) is 6.54. The molecule has 5 nitrogen and oxygen atoms in total. The van der Waals surface area contributed by atoms with Crippen LogP contribution in [-0.4, -0.2) is 21.9 Å². The summed E-state index contributed by atoms with van der Waals surface area (Å²) in [5.41, 5.74) is 0.587. The zero-order chi connectivity index (χ0) is 16.7. The topological polar surface area (TPSA) is 60.1 Å². The van der Waals surface area contributed by atoms with Crippen LogP contribution in [0.4, 0.5) is 13.2 Å². The molecule has 0 aromatic carbocycles. The summed E-state index contributed by atoms with van der Waals surface area (Å²) >= 11 is 0. The molecule has 120 valence electrons. The van der Waals surface area contributed by atoms with E-state index in [1.165, 1.54) is 24.6 Å². The molecule has 1 unspecified atom stereocenters. The number of hydrogen-bond acceptors (Lipinski definition) is 3. The van der Waals surface area contributed by atoms with Crippen LogP contribution in [0.1, 0.15) is 39.1 Å². The third-order valence-corrected chi connectivity index (χ3v) is 3.45. The average Bonchev–Trinajstić information content (AvgIpc) is 2.92. The lowest BCUT2D eigenvalue weighted by molar-refractivity contribution is -0.155. The maximum absolute atomic E-state index is 13.4. The second kappa shape index (κ2) is 5.51. The summed E-state index contributed by atoms with van der Waals surface area (Å²) in [4.78, 5) is 12.0. The third-order valence-electron chi connectivity index (χ3n) is 3.45. The first kappa shape index (κ1) is 16.1.